The third-order valence-corrected chi connectivity index (χ3v) is 4.80. The lowest BCUT2D eigenvalue weighted by molar-refractivity contribution is 0.236. The minimum Gasteiger partial charge on any atom is -0.356 e. The van der Waals surface area contributed by atoms with Gasteiger partial charge in [0.1, 0.15) is 0 Å². The first-order valence-corrected chi connectivity index (χ1v) is 9.33. The third kappa shape index (κ3) is 7.13. The highest BCUT2D eigenvalue weighted by molar-refractivity contribution is 14.0. The molecule has 25 heavy (non-hydrogen) atoms. The molecule has 1 saturated heterocycles. The zero-order valence-electron chi connectivity index (χ0n) is 16.2. The molecule has 0 radical (unpaired) electrons. The molecule has 1 aromatic rings. The van der Waals surface area contributed by atoms with Crippen LogP contribution in [0.2, 0.25) is 0 Å². The van der Waals surface area contributed by atoms with Crippen LogP contribution in [0.4, 0.5) is 0 Å². The molecule has 1 aliphatic rings. The molecule has 1 atom stereocenters. The fraction of sp³-hybridized carbons (Fsp3) is 0.778. The zero-order chi connectivity index (χ0) is 17.4. The predicted molar refractivity (Wildman–Crippen MR) is 116 cm³/mol. The Morgan fingerprint density at radius 1 is 1.28 bits per heavy atom. The van der Waals surface area contributed by atoms with Gasteiger partial charge in [-0.2, -0.15) is 5.10 Å². The van der Waals surface area contributed by atoms with Gasteiger partial charge in [-0.15, -0.1) is 24.0 Å². The van der Waals surface area contributed by atoms with Gasteiger partial charge < -0.3 is 10.6 Å². The number of aryl methyl sites for hydroxylation is 3. The number of aromatic nitrogens is 2. The highest BCUT2D eigenvalue weighted by Crippen LogP contribution is 2.13. The first-order valence-electron chi connectivity index (χ1n) is 9.33. The lowest BCUT2D eigenvalue weighted by Gasteiger charge is -2.27. The van der Waals surface area contributed by atoms with Crippen LogP contribution in [0.1, 0.15) is 44.0 Å². The minimum absolute atomic E-state index is 0. The number of hydrogen-bond acceptors (Lipinski definition) is 3. The van der Waals surface area contributed by atoms with Gasteiger partial charge in [-0.05, 0) is 58.7 Å². The van der Waals surface area contributed by atoms with Gasteiger partial charge in [0.15, 0.2) is 5.96 Å². The van der Waals surface area contributed by atoms with Crippen LogP contribution in [0, 0.1) is 13.8 Å². The zero-order valence-corrected chi connectivity index (χ0v) is 18.5. The Morgan fingerprint density at radius 2 is 2.00 bits per heavy atom. The van der Waals surface area contributed by atoms with Gasteiger partial charge in [-0.3, -0.25) is 14.6 Å². The maximum Gasteiger partial charge on any atom is 0.191 e. The second-order valence-electron chi connectivity index (χ2n) is 6.69. The van der Waals surface area contributed by atoms with Gasteiger partial charge in [-0.25, -0.2) is 0 Å². The summed E-state index contributed by atoms with van der Waals surface area (Å²) in [4.78, 5) is 6.94. The molecule has 0 aromatic carbocycles. The van der Waals surface area contributed by atoms with E-state index in [1.54, 1.807) is 0 Å². The Labute approximate surface area is 169 Å². The summed E-state index contributed by atoms with van der Waals surface area (Å²) < 4.78 is 2.08. The summed E-state index contributed by atoms with van der Waals surface area (Å²) >= 11 is 0. The van der Waals surface area contributed by atoms with Crippen LogP contribution < -0.4 is 10.6 Å². The number of nitrogens with zero attached hydrogens (tertiary/aromatic N) is 4. The Bertz CT molecular complexity index is 522. The molecule has 0 spiro atoms. The van der Waals surface area contributed by atoms with Crippen molar-refractivity contribution in [2.24, 2.45) is 4.99 Å². The van der Waals surface area contributed by atoms with Crippen molar-refractivity contribution in [2.45, 2.75) is 59.0 Å². The second kappa shape index (κ2) is 11.7. The number of guanidine groups is 1. The van der Waals surface area contributed by atoms with E-state index in [-0.39, 0.29) is 24.0 Å². The SMILES string of the molecule is CCC(CNC(=NC)NCCCn1nc(C)cc1C)N1CCCC1.I. The van der Waals surface area contributed by atoms with Crippen molar-refractivity contribution in [2.75, 3.05) is 33.2 Å². The molecule has 0 bridgehead atoms. The number of hydrogen-bond donors (Lipinski definition) is 2. The molecule has 2 heterocycles. The Balaban J connectivity index is 0.00000312. The minimum atomic E-state index is 0. The number of nitrogens with one attached hydrogen (secondary N) is 2. The van der Waals surface area contributed by atoms with Gasteiger partial charge in [0.05, 0.1) is 5.69 Å². The quantitative estimate of drug-likeness (QED) is 0.270. The van der Waals surface area contributed by atoms with Crippen molar-refractivity contribution in [3.8, 4) is 0 Å². The number of rotatable bonds is 8. The average molecular weight is 462 g/mol. The van der Waals surface area contributed by atoms with Crippen molar-refractivity contribution >= 4 is 29.9 Å². The monoisotopic (exact) mass is 462 g/mol. The molecule has 144 valence electrons. The number of likely N-dealkylation sites (tertiary alicyclic amines) is 1. The highest BCUT2D eigenvalue weighted by Gasteiger charge is 2.20. The first kappa shape index (κ1) is 22.2. The van der Waals surface area contributed by atoms with Crippen LogP contribution in [0.15, 0.2) is 11.1 Å². The molecule has 0 saturated carbocycles. The van der Waals surface area contributed by atoms with Crippen molar-refractivity contribution in [3.05, 3.63) is 17.5 Å². The molecule has 1 aliphatic heterocycles. The van der Waals surface area contributed by atoms with Gasteiger partial charge in [0.2, 0.25) is 0 Å². The standard InChI is InChI=1S/C18H34N6.HI/c1-5-17(23-10-6-7-11-23)14-21-18(19-4)20-9-8-12-24-16(3)13-15(2)22-24;/h13,17H,5-12,14H2,1-4H3,(H2,19,20,21);1H. The molecule has 1 fully saturated rings. The predicted octanol–water partition coefficient (Wildman–Crippen LogP) is 2.55. The molecule has 2 N–H and O–H groups in total. The maximum atomic E-state index is 4.50. The Hall–Kier alpha value is -0.830. The highest BCUT2D eigenvalue weighted by atomic mass is 127. The molecule has 6 nitrogen and oxygen atoms in total. The average Bonchev–Trinajstić information content (AvgIpc) is 3.20. The van der Waals surface area contributed by atoms with Gasteiger partial charge in [0, 0.05) is 38.4 Å². The van der Waals surface area contributed by atoms with Gasteiger partial charge >= 0.3 is 0 Å². The Kier molecular flexibility index (Phi) is 10.4. The van der Waals surface area contributed by atoms with E-state index in [1.165, 1.54) is 38.0 Å². The van der Waals surface area contributed by atoms with E-state index in [9.17, 15) is 0 Å². The first-order chi connectivity index (χ1) is 11.6. The smallest absolute Gasteiger partial charge is 0.191 e. The second-order valence-corrected chi connectivity index (χ2v) is 6.69. The summed E-state index contributed by atoms with van der Waals surface area (Å²) in [6.07, 6.45) is 4.90. The fourth-order valence-electron chi connectivity index (χ4n) is 3.41. The summed E-state index contributed by atoms with van der Waals surface area (Å²) in [5, 5.41) is 11.4. The molecule has 0 amide bonds. The van der Waals surface area contributed by atoms with E-state index < -0.39 is 0 Å². The summed E-state index contributed by atoms with van der Waals surface area (Å²) in [5.74, 6) is 0.904. The molecule has 7 heteroatoms. The van der Waals surface area contributed by atoms with E-state index in [4.69, 9.17) is 0 Å². The molecule has 1 aromatic heterocycles. The van der Waals surface area contributed by atoms with Crippen LogP contribution in [0.3, 0.4) is 0 Å². The summed E-state index contributed by atoms with van der Waals surface area (Å²) in [7, 11) is 1.84. The van der Waals surface area contributed by atoms with Crippen LogP contribution in [-0.2, 0) is 6.54 Å². The van der Waals surface area contributed by atoms with Crippen LogP contribution >= 0.6 is 24.0 Å². The van der Waals surface area contributed by atoms with E-state index in [0.29, 0.717) is 6.04 Å². The third-order valence-electron chi connectivity index (χ3n) is 4.80. The maximum absolute atomic E-state index is 4.50. The van der Waals surface area contributed by atoms with Crippen molar-refractivity contribution in [3.63, 3.8) is 0 Å². The lowest BCUT2D eigenvalue weighted by Crippen LogP contribution is -2.46. The van der Waals surface area contributed by atoms with Crippen molar-refractivity contribution in [1.82, 2.24) is 25.3 Å². The Morgan fingerprint density at radius 3 is 2.56 bits per heavy atom. The summed E-state index contributed by atoms with van der Waals surface area (Å²) in [5.41, 5.74) is 2.32. The molecular weight excluding hydrogens is 427 g/mol. The lowest BCUT2D eigenvalue weighted by atomic mass is 10.2. The van der Waals surface area contributed by atoms with Crippen molar-refractivity contribution < 1.29 is 0 Å². The summed E-state index contributed by atoms with van der Waals surface area (Å²) in [6, 6.07) is 2.73. The summed E-state index contributed by atoms with van der Waals surface area (Å²) in [6.45, 7) is 11.7. The normalized spacial score (nSPS) is 16.6. The van der Waals surface area contributed by atoms with Crippen LogP contribution in [0.5, 0.6) is 0 Å². The largest absolute Gasteiger partial charge is 0.356 e. The number of halogens is 1. The molecule has 0 aliphatic carbocycles. The van der Waals surface area contributed by atoms with E-state index in [0.717, 1.165) is 37.7 Å². The number of aliphatic imine (C=N–C) groups is 1. The molecule has 2 rings (SSSR count). The van der Waals surface area contributed by atoms with E-state index >= 15 is 0 Å². The van der Waals surface area contributed by atoms with Crippen LogP contribution in [-0.4, -0.2) is 59.9 Å². The van der Waals surface area contributed by atoms with Gasteiger partial charge in [-0.1, -0.05) is 6.92 Å². The van der Waals surface area contributed by atoms with Crippen LogP contribution in [0.25, 0.3) is 0 Å². The van der Waals surface area contributed by atoms with E-state index in [1.807, 2.05) is 14.0 Å². The molecular formula is C18H35IN6. The topological polar surface area (TPSA) is 57.5 Å². The molecule has 1 unspecified atom stereocenters. The fourth-order valence-corrected chi connectivity index (χ4v) is 3.41. The van der Waals surface area contributed by atoms with E-state index in [2.05, 4.69) is 50.2 Å². The van der Waals surface area contributed by atoms with Crippen molar-refractivity contribution in [1.29, 1.82) is 0 Å². The van der Waals surface area contributed by atoms with Gasteiger partial charge in [0.25, 0.3) is 0 Å².